The summed E-state index contributed by atoms with van der Waals surface area (Å²) in [6, 6.07) is 8.49. The lowest BCUT2D eigenvalue weighted by atomic mass is 10.1. The number of aryl methyl sites for hydroxylation is 1. The summed E-state index contributed by atoms with van der Waals surface area (Å²) in [4.78, 5) is 13.2. The lowest BCUT2D eigenvalue weighted by molar-refractivity contribution is -0.116. The van der Waals surface area contributed by atoms with Gasteiger partial charge in [-0.2, -0.15) is 0 Å². The molecule has 14 heavy (non-hydrogen) atoms. The smallest absolute Gasteiger partial charge is 0.153 e. The number of rotatable bonds is 2. The maximum atomic E-state index is 11.1. The van der Waals surface area contributed by atoms with Crippen molar-refractivity contribution in [3.63, 3.8) is 0 Å². The lowest BCUT2D eigenvalue weighted by Crippen LogP contribution is -2.19. The van der Waals surface area contributed by atoms with Crippen LogP contribution < -0.4 is 4.90 Å². The Hall–Kier alpha value is -1.31. The van der Waals surface area contributed by atoms with E-state index in [0.717, 1.165) is 13.0 Å². The number of carbonyl (C=O) groups excluding carboxylic acids is 1. The van der Waals surface area contributed by atoms with Crippen LogP contribution in [0.2, 0.25) is 0 Å². The van der Waals surface area contributed by atoms with E-state index in [1.807, 2.05) is 0 Å². The van der Waals surface area contributed by atoms with E-state index in [2.05, 4.69) is 36.1 Å². The van der Waals surface area contributed by atoms with Crippen LogP contribution in [0.25, 0.3) is 0 Å². The monoisotopic (exact) mass is 189 g/mol. The maximum absolute atomic E-state index is 11.1. The third-order valence-corrected chi connectivity index (χ3v) is 2.74. The first-order valence-corrected chi connectivity index (χ1v) is 5.15. The molecule has 0 saturated carbocycles. The molecule has 1 aromatic rings. The van der Waals surface area contributed by atoms with Gasteiger partial charge in [-0.3, -0.25) is 4.79 Å². The number of hydrogen-bond acceptors (Lipinski definition) is 2. The summed E-state index contributed by atoms with van der Waals surface area (Å²) in [7, 11) is 0. The summed E-state index contributed by atoms with van der Waals surface area (Å²) in [6.07, 6.45) is 1.77. The van der Waals surface area contributed by atoms with Crippen LogP contribution in [0.3, 0.4) is 0 Å². The highest BCUT2D eigenvalue weighted by atomic mass is 16.1. The third kappa shape index (κ3) is 1.79. The van der Waals surface area contributed by atoms with Crippen LogP contribution in [0.4, 0.5) is 5.69 Å². The second kappa shape index (κ2) is 3.82. The zero-order valence-corrected chi connectivity index (χ0v) is 8.49. The van der Waals surface area contributed by atoms with Crippen molar-refractivity contribution >= 4 is 11.5 Å². The minimum Gasteiger partial charge on any atom is -0.364 e. The van der Waals surface area contributed by atoms with E-state index in [1.54, 1.807) is 0 Å². The Kier molecular flexibility index (Phi) is 2.53. The van der Waals surface area contributed by atoms with Crippen LogP contribution in [0, 0.1) is 0 Å². The first-order valence-electron chi connectivity index (χ1n) is 5.15. The van der Waals surface area contributed by atoms with Gasteiger partial charge in [0.25, 0.3) is 0 Å². The van der Waals surface area contributed by atoms with E-state index in [9.17, 15) is 4.79 Å². The predicted octanol–water partition coefficient (Wildman–Crippen LogP) is 2.03. The maximum Gasteiger partial charge on any atom is 0.153 e. The molecule has 1 heterocycles. The Morgan fingerprint density at radius 2 is 2.00 bits per heavy atom. The lowest BCUT2D eigenvalue weighted by Gasteiger charge is -2.16. The number of anilines is 1. The summed E-state index contributed by atoms with van der Waals surface area (Å²) in [5.41, 5.74) is 2.52. The molecule has 2 heteroatoms. The average molecular weight is 189 g/mol. The van der Waals surface area contributed by atoms with Gasteiger partial charge < -0.3 is 4.90 Å². The topological polar surface area (TPSA) is 20.3 Å². The van der Waals surface area contributed by atoms with Crippen LogP contribution in [-0.2, 0) is 11.2 Å². The number of ketones is 1. The first-order chi connectivity index (χ1) is 6.79. The number of Topliss-reactive ketones (excluding diaryl/α,β-unsaturated/α-hetero) is 1. The zero-order valence-electron chi connectivity index (χ0n) is 8.49. The van der Waals surface area contributed by atoms with Gasteiger partial charge >= 0.3 is 0 Å². The molecule has 0 bridgehead atoms. The highest BCUT2D eigenvalue weighted by Gasteiger charge is 2.18. The number of hydrogen-bond donors (Lipinski definition) is 0. The summed E-state index contributed by atoms with van der Waals surface area (Å²) in [5.74, 6) is 0.351. The van der Waals surface area contributed by atoms with Crippen molar-refractivity contribution in [1.29, 1.82) is 0 Å². The summed E-state index contributed by atoms with van der Waals surface area (Å²) >= 11 is 0. The Morgan fingerprint density at radius 1 is 1.29 bits per heavy atom. The van der Waals surface area contributed by atoms with Gasteiger partial charge in [-0.1, -0.05) is 19.1 Å². The molecule has 1 aromatic carbocycles. The molecule has 0 spiro atoms. The Labute approximate surface area is 84.5 Å². The molecule has 0 amide bonds. The minimum atomic E-state index is 0.351. The SMILES string of the molecule is CCc1ccc(N2CCC(=O)C2)cc1. The molecule has 2 nitrogen and oxygen atoms in total. The van der Waals surface area contributed by atoms with Crippen molar-refractivity contribution in [2.75, 3.05) is 18.0 Å². The van der Waals surface area contributed by atoms with E-state index >= 15 is 0 Å². The van der Waals surface area contributed by atoms with Crippen molar-refractivity contribution < 1.29 is 4.79 Å². The van der Waals surface area contributed by atoms with E-state index in [0.29, 0.717) is 18.7 Å². The van der Waals surface area contributed by atoms with E-state index in [1.165, 1.54) is 11.3 Å². The molecule has 0 radical (unpaired) electrons. The van der Waals surface area contributed by atoms with Gasteiger partial charge in [-0.25, -0.2) is 0 Å². The molecule has 0 unspecified atom stereocenters. The molecule has 2 rings (SSSR count). The number of nitrogens with zero attached hydrogens (tertiary/aromatic N) is 1. The van der Waals surface area contributed by atoms with Gasteiger partial charge in [0, 0.05) is 18.7 Å². The molecule has 0 N–H and O–H groups in total. The first kappa shape index (κ1) is 9.25. The molecular formula is C12H15NO. The summed E-state index contributed by atoms with van der Waals surface area (Å²) < 4.78 is 0. The van der Waals surface area contributed by atoms with E-state index < -0.39 is 0 Å². The van der Waals surface area contributed by atoms with Crippen LogP contribution in [0.15, 0.2) is 24.3 Å². The molecule has 74 valence electrons. The van der Waals surface area contributed by atoms with Crippen LogP contribution in [-0.4, -0.2) is 18.9 Å². The average Bonchev–Trinajstić information content (AvgIpc) is 2.65. The van der Waals surface area contributed by atoms with Crippen molar-refractivity contribution in [3.05, 3.63) is 29.8 Å². The third-order valence-electron chi connectivity index (χ3n) is 2.74. The summed E-state index contributed by atoms with van der Waals surface area (Å²) in [6.45, 7) is 3.62. The molecule has 0 aromatic heterocycles. The second-order valence-electron chi connectivity index (χ2n) is 3.73. The summed E-state index contributed by atoms with van der Waals surface area (Å²) in [5, 5.41) is 0. The van der Waals surface area contributed by atoms with E-state index in [-0.39, 0.29) is 0 Å². The quantitative estimate of drug-likeness (QED) is 0.709. The predicted molar refractivity (Wildman–Crippen MR) is 57.7 cm³/mol. The number of benzene rings is 1. The van der Waals surface area contributed by atoms with Crippen molar-refractivity contribution in [3.8, 4) is 0 Å². The standard InChI is InChI=1S/C12H15NO/c1-2-10-3-5-11(6-4-10)13-8-7-12(14)9-13/h3-6H,2,7-9H2,1H3. The Morgan fingerprint density at radius 3 is 2.50 bits per heavy atom. The molecule has 0 aliphatic carbocycles. The van der Waals surface area contributed by atoms with Crippen molar-refractivity contribution in [2.45, 2.75) is 19.8 Å². The van der Waals surface area contributed by atoms with Crippen LogP contribution in [0.1, 0.15) is 18.9 Å². The molecular weight excluding hydrogens is 174 g/mol. The van der Waals surface area contributed by atoms with Crippen LogP contribution in [0.5, 0.6) is 0 Å². The van der Waals surface area contributed by atoms with Gasteiger partial charge in [-0.15, -0.1) is 0 Å². The molecule has 0 atom stereocenters. The highest BCUT2D eigenvalue weighted by Crippen LogP contribution is 2.19. The largest absolute Gasteiger partial charge is 0.364 e. The molecule has 1 fully saturated rings. The van der Waals surface area contributed by atoms with E-state index in [4.69, 9.17) is 0 Å². The fourth-order valence-electron chi connectivity index (χ4n) is 1.79. The van der Waals surface area contributed by atoms with Crippen LogP contribution >= 0.6 is 0 Å². The van der Waals surface area contributed by atoms with Crippen molar-refractivity contribution in [1.82, 2.24) is 0 Å². The van der Waals surface area contributed by atoms with Gasteiger partial charge in [0.2, 0.25) is 0 Å². The van der Waals surface area contributed by atoms with Gasteiger partial charge in [0.05, 0.1) is 6.54 Å². The Balaban J connectivity index is 2.13. The van der Waals surface area contributed by atoms with Gasteiger partial charge in [0.1, 0.15) is 0 Å². The minimum absolute atomic E-state index is 0.351. The second-order valence-corrected chi connectivity index (χ2v) is 3.73. The Bertz CT molecular complexity index is 329. The molecule has 1 aliphatic rings. The normalized spacial score (nSPS) is 16.4. The molecule has 1 aliphatic heterocycles. The molecule has 1 saturated heterocycles. The fourth-order valence-corrected chi connectivity index (χ4v) is 1.79. The van der Waals surface area contributed by atoms with Gasteiger partial charge in [0.15, 0.2) is 5.78 Å². The zero-order chi connectivity index (χ0) is 9.97. The highest BCUT2D eigenvalue weighted by molar-refractivity contribution is 5.87. The fraction of sp³-hybridized carbons (Fsp3) is 0.417. The number of carbonyl (C=O) groups is 1. The van der Waals surface area contributed by atoms with Gasteiger partial charge in [-0.05, 0) is 24.1 Å². The van der Waals surface area contributed by atoms with Crippen molar-refractivity contribution in [2.24, 2.45) is 0 Å².